The molecule has 1 fully saturated rings. The Bertz CT molecular complexity index is 667. The summed E-state index contributed by atoms with van der Waals surface area (Å²) >= 11 is 0. The zero-order chi connectivity index (χ0) is 16.0. The van der Waals surface area contributed by atoms with E-state index in [0.717, 1.165) is 22.3 Å². The molecule has 1 aliphatic rings. The van der Waals surface area contributed by atoms with Gasteiger partial charge in [-0.3, -0.25) is 4.98 Å². The molecular formula is C18H22BNO2. The van der Waals surface area contributed by atoms with E-state index < -0.39 is 0 Å². The highest BCUT2D eigenvalue weighted by Gasteiger charge is 2.51. The molecule has 4 heteroatoms. The first-order valence-corrected chi connectivity index (χ1v) is 7.68. The van der Waals surface area contributed by atoms with Crippen molar-refractivity contribution in [2.75, 3.05) is 0 Å². The normalized spacial score (nSPS) is 19.4. The van der Waals surface area contributed by atoms with Crippen molar-refractivity contribution in [3.63, 3.8) is 0 Å². The fourth-order valence-electron chi connectivity index (χ4n) is 2.60. The molecule has 0 aliphatic carbocycles. The minimum Gasteiger partial charge on any atom is -0.399 e. The van der Waals surface area contributed by atoms with Gasteiger partial charge in [-0.2, -0.15) is 0 Å². The van der Waals surface area contributed by atoms with E-state index in [0.29, 0.717) is 0 Å². The van der Waals surface area contributed by atoms with Crippen molar-refractivity contribution in [1.29, 1.82) is 0 Å². The van der Waals surface area contributed by atoms with Crippen LogP contribution in [0.5, 0.6) is 0 Å². The van der Waals surface area contributed by atoms with Crippen LogP contribution in [0.4, 0.5) is 0 Å². The molecule has 0 spiro atoms. The third kappa shape index (κ3) is 2.57. The number of pyridine rings is 1. The monoisotopic (exact) mass is 295 g/mol. The van der Waals surface area contributed by atoms with Gasteiger partial charge in [-0.05, 0) is 52.2 Å². The highest BCUT2D eigenvalue weighted by molar-refractivity contribution is 6.62. The molecule has 0 saturated carbocycles. The maximum Gasteiger partial charge on any atom is 0.495 e. The molecule has 0 unspecified atom stereocenters. The second-order valence-electron chi connectivity index (χ2n) is 6.87. The van der Waals surface area contributed by atoms with E-state index in [1.54, 1.807) is 0 Å². The summed E-state index contributed by atoms with van der Waals surface area (Å²) in [6, 6.07) is 12.2. The van der Waals surface area contributed by atoms with E-state index in [1.807, 2.05) is 24.4 Å². The predicted molar refractivity (Wildman–Crippen MR) is 90.1 cm³/mol. The molecule has 2 aromatic rings. The van der Waals surface area contributed by atoms with Crippen molar-refractivity contribution < 1.29 is 9.31 Å². The smallest absolute Gasteiger partial charge is 0.399 e. The average Bonchev–Trinajstić information content (AvgIpc) is 2.68. The van der Waals surface area contributed by atoms with E-state index >= 15 is 0 Å². The largest absolute Gasteiger partial charge is 0.495 e. The summed E-state index contributed by atoms with van der Waals surface area (Å²) in [5.74, 6) is 0. The topological polar surface area (TPSA) is 31.4 Å². The van der Waals surface area contributed by atoms with Crippen molar-refractivity contribution >= 4 is 12.6 Å². The van der Waals surface area contributed by atoms with Crippen LogP contribution in [0.3, 0.4) is 0 Å². The van der Waals surface area contributed by atoms with Crippen LogP contribution in [0.1, 0.15) is 33.3 Å². The van der Waals surface area contributed by atoms with Crippen molar-refractivity contribution in [3.05, 3.63) is 48.2 Å². The number of aryl methyl sites for hydroxylation is 1. The maximum atomic E-state index is 6.14. The van der Waals surface area contributed by atoms with Crippen molar-refractivity contribution in [1.82, 2.24) is 4.98 Å². The first-order chi connectivity index (χ1) is 10.3. The number of benzene rings is 1. The predicted octanol–water partition coefficient (Wildman–Crippen LogP) is 3.36. The molecule has 1 aliphatic heterocycles. The summed E-state index contributed by atoms with van der Waals surface area (Å²) in [4.78, 5) is 4.40. The SMILES string of the molecule is Cc1cc(-c2ccccn2)ccc1B1OC(C)(C)C(C)(C)O1. The molecule has 2 heterocycles. The lowest BCUT2D eigenvalue weighted by atomic mass is 9.75. The Kier molecular flexibility index (Phi) is 3.62. The second-order valence-corrected chi connectivity index (χ2v) is 6.87. The van der Waals surface area contributed by atoms with Crippen LogP contribution in [0, 0.1) is 6.92 Å². The molecule has 1 aromatic heterocycles. The van der Waals surface area contributed by atoms with E-state index in [9.17, 15) is 0 Å². The van der Waals surface area contributed by atoms with Gasteiger partial charge in [0, 0.05) is 11.8 Å². The van der Waals surface area contributed by atoms with Crippen LogP contribution in [-0.4, -0.2) is 23.3 Å². The van der Waals surface area contributed by atoms with Crippen LogP contribution >= 0.6 is 0 Å². The third-order valence-corrected chi connectivity index (χ3v) is 4.74. The molecule has 22 heavy (non-hydrogen) atoms. The zero-order valence-electron chi connectivity index (χ0n) is 13.9. The Balaban J connectivity index is 1.91. The van der Waals surface area contributed by atoms with Gasteiger partial charge in [-0.25, -0.2) is 0 Å². The van der Waals surface area contributed by atoms with Crippen molar-refractivity contribution in [2.24, 2.45) is 0 Å². The summed E-state index contributed by atoms with van der Waals surface area (Å²) in [6.07, 6.45) is 1.81. The molecule has 1 aromatic carbocycles. The molecular weight excluding hydrogens is 273 g/mol. The van der Waals surface area contributed by atoms with Crippen molar-refractivity contribution in [2.45, 2.75) is 45.8 Å². The average molecular weight is 295 g/mol. The number of hydrogen-bond donors (Lipinski definition) is 0. The summed E-state index contributed by atoms with van der Waals surface area (Å²) in [5, 5.41) is 0. The van der Waals surface area contributed by atoms with Gasteiger partial charge in [0.05, 0.1) is 16.9 Å². The molecule has 0 atom stereocenters. The molecule has 0 radical (unpaired) electrons. The number of nitrogens with zero attached hydrogens (tertiary/aromatic N) is 1. The van der Waals surface area contributed by atoms with Gasteiger partial charge in [0.1, 0.15) is 0 Å². The molecule has 0 N–H and O–H groups in total. The molecule has 0 bridgehead atoms. The van der Waals surface area contributed by atoms with Gasteiger partial charge in [0.25, 0.3) is 0 Å². The first kappa shape index (κ1) is 15.3. The lowest BCUT2D eigenvalue weighted by molar-refractivity contribution is 0.00578. The Labute approximate surface area is 132 Å². The van der Waals surface area contributed by atoms with Gasteiger partial charge in [-0.15, -0.1) is 0 Å². The molecule has 3 rings (SSSR count). The number of rotatable bonds is 2. The molecule has 114 valence electrons. The quantitative estimate of drug-likeness (QED) is 0.796. The summed E-state index contributed by atoms with van der Waals surface area (Å²) in [7, 11) is -0.317. The van der Waals surface area contributed by atoms with Gasteiger partial charge >= 0.3 is 7.12 Å². The van der Waals surface area contributed by atoms with E-state index in [4.69, 9.17) is 9.31 Å². The van der Waals surface area contributed by atoms with Gasteiger partial charge in [0.2, 0.25) is 0 Å². The molecule has 1 saturated heterocycles. The van der Waals surface area contributed by atoms with Crippen molar-refractivity contribution in [3.8, 4) is 11.3 Å². The fourth-order valence-corrected chi connectivity index (χ4v) is 2.60. The van der Waals surface area contributed by atoms with Gasteiger partial charge in [0.15, 0.2) is 0 Å². The lowest BCUT2D eigenvalue weighted by Crippen LogP contribution is -2.41. The zero-order valence-corrected chi connectivity index (χ0v) is 13.9. The van der Waals surface area contributed by atoms with E-state index in [1.165, 1.54) is 0 Å². The van der Waals surface area contributed by atoms with Gasteiger partial charge in [-0.1, -0.05) is 29.8 Å². The highest BCUT2D eigenvalue weighted by atomic mass is 16.7. The van der Waals surface area contributed by atoms with E-state index in [2.05, 4.69) is 57.8 Å². The standard InChI is InChI=1S/C18H22BNO2/c1-13-12-14(16-8-6-7-11-20-16)9-10-15(13)19-21-17(2,3)18(4,5)22-19/h6-12H,1-5H3. The minimum atomic E-state index is -0.317. The van der Waals surface area contributed by atoms with E-state index in [-0.39, 0.29) is 18.3 Å². The van der Waals surface area contributed by atoms with Crippen LogP contribution in [0.15, 0.2) is 42.6 Å². The Morgan fingerprint density at radius 1 is 0.955 bits per heavy atom. The number of hydrogen-bond acceptors (Lipinski definition) is 3. The van der Waals surface area contributed by atoms with Crippen LogP contribution in [0.25, 0.3) is 11.3 Å². The second kappa shape index (κ2) is 5.22. The first-order valence-electron chi connectivity index (χ1n) is 7.68. The lowest BCUT2D eigenvalue weighted by Gasteiger charge is -2.32. The minimum absolute atomic E-state index is 0.316. The highest BCUT2D eigenvalue weighted by Crippen LogP contribution is 2.36. The van der Waals surface area contributed by atoms with Crippen LogP contribution in [0.2, 0.25) is 0 Å². The number of aromatic nitrogens is 1. The Morgan fingerprint density at radius 2 is 1.64 bits per heavy atom. The summed E-state index contributed by atoms with van der Waals surface area (Å²) in [5.41, 5.74) is 3.69. The molecule has 3 nitrogen and oxygen atoms in total. The summed E-state index contributed by atoms with van der Waals surface area (Å²) in [6.45, 7) is 10.4. The van der Waals surface area contributed by atoms with Crippen LogP contribution < -0.4 is 5.46 Å². The van der Waals surface area contributed by atoms with Gasteiger partial charge < -0.3 is 9.31 Å². The fraction of sp³-hybridized carbons (Fsp3) is 0.389. The third-order valence-electron chi connectivity index (χ3n) is 4.74. The molecule has 0 amide bonds. The van der Waals surface area contributed by atoms with Crippen LogP contribution in [-0.2, 0) is 9.31 Å². The maximum absolute atomic E-state index is 6.14. The summed E-state index contributed by atoms with van der Waals surface area (Å²) < 4.78 is 12.3. The Morgan fingerprint density at radius 3 is 2.18 bits per heavy atom. The Hall–Kier alpha value is -1.65.